The zero-order chi connectivity index (χ0) is 14.7. The summed E-state index contributed by atoms with van der Waals surface area (Å²) in [6.07, 6.45) is 3.52. The van der Waals surface area contributed by atoms with Crippen molar-refractivity contribution >= 4 is 11.7 Å². The standard InChI is InChI=1S/C17H19N3O/c1-18-16-15(7-4-10-19-16)17(21)20-11-8-13-5-2-3-6-14(13)9-12-20/h2-7,10H,8-9,11-12H2,1H3,(H,18,19). The Bertz CT molecular complexity index is 627. The Morgan fingerprint density at radius 3 is 2.38 bits per heavy atom. The number of pyridine rings is 1. The number of nitrogens with zero attached hydrogens (tertiary/aromatic N) is 2. The molecule has 0 unspecified atom stereocenters. The van der Waals surface area contributed by atoms with E-state index in [4.69, 9.17) is 0 Å². The van der Waals surface area contributed by atoms with Crippen LogP contribution in [0.25, 0.3) is 0 Å². The molecule has 2 heterocycles. The van der Waals surface area contributed by atoms with Crippen molar-refractivity contribution in [1.82, 2.24) is 9.88 Å². The molecule has 21 heavy (non-hydrogen) atoms. The predicted molar refractivity (Wildman–Crippen MR) is 83.5 cm³/mol. The topological polar surface area (TPSA) is 45.2 Å². The van der Waals surface area contributed by atoms with Gasteiger partial charge in [-0.15, -0.1) is 0 Å². The van der Waals surface area contributed by atoms with Crippen molar-refractivity contribution < 1.29 is 4.79 Å². The van der Waals surface area contributed by atoms with E-state index < -0.39 is 0 Å². The van der Waals surface area contributed by atoms with Crippen LogP contribution < -0.4 is 5.32 Å². The van der Waals surface area contributed by atoms with Gasteiger partial charge in [-0.1, -0.05) is 24.3 Å². The molecule has 4 heteroatoms. The Morgan fingerprint density at radius 1 is 1.10 bits per heavy atom. The molecule has 0 spiro atoms. The molecule has 1 aromatic carbocycles. The van der Waals surface area contributed by atoms with Gasteiger partial charge in [0.15, 0.2) is 0 Å². The smallest absolute Gasteiger partial charge is 0.257 e. The first-order valence-electron chi connectivity index (χ1n) is 7.28. The van der Waals surface area contributed by atoms with Gasteiger partial charge in [0.2, 0.25) is 0 Å². The lowest BCUT2D eigenvalue weighted by Crippen LogP contribution is -2.33. The largest absolute Gasteiger partial charge is 0.372 e. The van der Waals surface area contributed by atoms with Crippen molar-refractivity contribution in [3.63, 3.8) is 0 Å². The van der Waals surface area contributed by atoms with Crippen molar-refractivity contribution in [1.29, 1.82) is 0 Å². The molecule has 2 aromatic rings. The summed E-state index contributed by atoms with van der Waals surface area (Å²) in [6.45, 7) is 1.52. The van der Waals surface area contributed by atoms with E-state index in [1.165, 1.54) is 11.1 Å². The lowest BCUT2D eigenvalue weighted by molar-refractivity contribution is 0.0763. The number of fused-ring (bicyclic) bond motifs is 1. The first-order valence-corrected chi connectivity index (χ1v) is 7.28. The van der Waals surface area contributed by atoms with Crippen LogP contribution in [0, 0.1) is 0 Å². The third-order valence-electron chi connectivity index (χ3n) is 3.98. The van der Waals surface area contributed by atoms with Crippen molar-refractivity contribution in [2.45, 2.75) is 12.8 Å². The van der Waals surface area contributed by atoms with E-state index in [0.29, 0.717) is 11.4 Å². The van der Waals surface area contributed by atoms with Gasteiger partial charge >= 0.3 is 0 Å². The van der Waals surface area contributed by atoms with Gasteiger partial charge in [0.25, 0.3) is 5.91 Å². The molecule has 1 aliphatic heterocycles. The highest BCUT2D eigenvalue weighted by atomic mass is 16.2. The normalized spacial score (nSPS) is 14.2. The maximum Gasteiger partial charge on any atom is 0.257 e. The van der Waals surface area contributed by atoms with Crippen LogP contribution in [0.15, 0.2) is 42.6 Å². The minimum atomic E-state index is 0.0558. The highest BCUT2D eigenvalue weighted by Crippen LogP contribution is 2.19. The van der Waals surface area contributed by atoms with Gasteiger partial charge in [-0.05, 0) is 36.1 Å². The average molecular weight is 281 g/mol. The lowest BCUT2D eigenvalue weighted by atomic mass is 10.0. The lowest BCUT2D eigenvalue weighted by Gasteiger charge is -2.21. The molecule has 0 bridgehead atoms. The predicted octanol–water partition coefficient (Wildman–Crippen LogP) is 2.36. The van der Waals surface area contributed by atoms with Crippen LogP contribution in [0.3, 0.4) is 0 Å². The van der Waals surface area contributed by atoms with Gasteiger partial charge in [-0.25, -0.2) is 4.98 Å². The Balaban J connectivity index is 1.81. The number of rotatable bonds is 2. The van der Waals surface area contributed by atoms with Crippen LogP contribution >= 0.6 is 0 Å². The second kappa shape index (κ2) is 5.95. The van der Waals surface area contributed by atoms with E-state index in [2.05, 4.69) is 34.6 Å². The molecule has 1 N–H and O–H groups in total. The first-order chi connectivity index (χ1) is 10.3. The van der Waals surface area contributed by atoms with Crippen molar-refractivity contribution in [2.75, 3.05) is 25.5 Å². The van der Waals surface area contributed by atoms with Gasteiger partial charge in [-0.3, -0.25) is 4.79 Å². The fourth-order valence-electron chi connectivity index (χ4n) is 2.82. The first kappa shape index (κ1) is 13.6. The quantitative estimate of drug-likeness (QED) is 0.919. The number of anilines is 1. The summed E-state index contributed by atoms with van der Waals surface area (Å²) in [7, 11) is 1.79. The summed E-state index contributed by atoms with van der Waals surface area (Å²) in [6, 6.07) is 12.1. The summed E-state index contributed by atoms with van der Waals surface area (Å²) in [4.78, 5) is 18.9. The van der Waals surface area contributed by atoms with Crippen LogP contribution in [0.4, 0.5) is 5.82 Å². The van der Waals surface area contributed by atoms with Crippen molar-refractivity contribution in [3.05, 3.63) is 59.3 Å². The summed E-state index contributed by atoms with van der Waals surface area (Å²) >= 11 is 0. The SMILES string of the molecule is CNc1ncccc1C(=O)N1CCc2ccccc2CC1. The molecule has 4 nitrogen and oxygen atoms in total. The number of hydrogen-bond donors (Lipinski definition) is 1. The molecule has 108 valence electrons. The Kier molecular flexibility index (Phi) is 3.86. The Morgan fingerprint density at radius 2 is 1.76 bits per heavy atom. The number of aromatic nitrogens is 1. The second-order valence-electron chi connectivity index (χ2n) is 5.21. The molecular weight excluding hydrogens is 262 g/mol. The maximum atomic E-state index is 12.7. The van der Waals surface area contributed by atoms with E-state index in [-0.39, 0.29) is 5.91 Å². The number of carbonyl (C=O) groups is 1. The number of nitrogens with one attached hydrogen (secondary N) is 1. The van der Waals surface area contributed by atoms with Gasteiger partial charge in [-0.2, -0.15) is 0 Å². The van der Waals surface area contributed by atoms with Crippen molar-refractivity contribution in [3.8, 4) is 0 Å². The monoisotopic (exact) mass is 281 g/mol. The third-order valence-corrected chi connectivity index (χ3v) is 3.98. The van der Waals surface area contributed by atoms with E-state index in [1.807, 2.05) is 11.0 Å². The van der Waals surface area contributed by atoms with Crippen LogP contribution in [0.5, 0.6) is 0 Å². The maximum absolute atomic E-state index is 12.7. The molecule has 0 fully saturated rings. The molecule has 1 amide bonds. The molecule has 3 rings (SSSR count). The number of hydrogen-bond acceptors (Lipinski definition) is 3. The molecule has 0 saturated heterocycles. The summed E-state index contributed by atoms with van der Waals surface area (Å²) in [5, 5.41) is 2.99. The fraction of sp³-hybridized carbons (Fsp3) is 0.294. The van der Waals surface area contributed by atoms with Crippen LogP contribution in [0.2, 0.25) is 0 Å². The molecule has 0 saturated carbocycles. The fourth-order valence-corrected chi connectivity index (χ4v) is 2.82. The molecule has 0 atom stereocenters. The minimum Gasteiger partial charge on any atom is -0.372 e. The van der Waals surface area contributed by atoms with Gasteiger partial charge in [0, 0.05) is 26.3 Å². The molecule has 1 aliphatic rings. The minimum absolute atomic E-state index is 0.0558. The van der Waals surface area contributed by atoms with Gasteiger partial charge < -0.3 is 10.2 Å². The Labute approximate surface area is 124 Å². The highest BCUT2D eigenvalue weighted by molar-refractivity contribution is 5.98. The van der Waals surface area contributed by atoms with E-state index >= 15 is 0 Å². The van der Waals surface area contributed by atoms with Crippen LogP contribution in [-0.2, 0) is 12.8 Å². The van der Waals surface area contributed by atoms with Crippen molar-refractivity contribution in [2.24, 2.45) is 0 Å². The average Bonchev–Trinajstić information content (AvgIpc) is 2.77. The number of benzene rings is 1. The summed E-state index contributed by atoms with van der Waals surface area (Å²) in [5.41, 5.74) is 3.35. The molecule has 0 aliphatic carbocycles. The van der Waals surface area contributed by atoms with Gasteiger partial charge in [0.1, 0.15) is 5.82 Å². The molecule has 0 radical (unpaired) electrons. The summed E-state index contributed by atoms with van der Waals surface area (Å²) < 4.78 is 0. The second-order valence-corrected chi connectivity index (χ2v) is 5.21. The van der Waals surface area contributed by atoms with Gasteiger partial charge in [0.05, 0.1) is 5.56 Å². The molecular formula is C17H19N3O. The zero-order valence-corrected chi connectivity index (χ0v) is 12.2. The van der Waals surface area contributed by atoms with E-state index in [0.717, 1.165) is 25.9 Å². The summed E-state index contributed by atoms with van der Waals surface area (Å²) in [5.74, 6) is 0.699. The van der Waals surface area contributed by atoms with Crippen LogP contribution in [0.1, 0.15) is 21.5 Å². The third kappa shape index (κ3) is 2.75. The van der Waals surface area contributed by atoms with Crippen LogP contribution in [-0.4, -0.2) is 35.9 Å². The van der Waals surface area contributed by atoms with E-state index in [9.17, 15) is 4.79 Å². The number of amides is 1. The highest BCUT2D eigenvalue weighted by Gasteiger charge is 2.21. The number of carbonyl (C=O) groups excluding carboxylic acids is 1. The van der Waals surface area contributed by atoms with E-state index in [1.54, 1.807) is 19.3 Å². The Hall–Kier alpha value is -2.36. The zero-order valence-electron chi connectivity index (χ0n) is 12.2. The molecule has 1 aromatic heterocycles.